The molecule has 148 valence electrons. The van der Waals surface area contributed by atoms with E-state index in [4.69, 9.17) is 11.6 Å². The summed E-state index contributed by atoms with van der Waals surface area (Å²) in [6.45, 7) is 5.89. The molecule has 10 heteroatoms. The number of imidazole rings is 1. The summed E-state index contributed by atoms with van der Waals surface area (Å²) in [5, 5.41) is 0.163. The smallest absolute Gasteiger partial charge is 0.229 e. The molecule has 0 saturated carbocycles. The maximum Gasteiger partial charge on any atom is 0.229 e. The molecule has 0 spiro atoms. The average molecular weight is 424 g/mol. The molecule has 0 atom stereocenters. The van der Waals surface area contributed by atoms with E-state index in [0.717, 1.165) is 6.26 Å². The van der Waals surface area contributed by atoms with Crippen LogP contribution in [0.3, 0.4) is 0 Å². The number of hydrogen-bond acceptors (Lipinski definition) is 5. The summed E-state index contributed by atoms with van der Waals surface area (Å²) in [6, 6.07) is 4.28. The van der Waals surface area contributed by atoms with Crippen LogP contribution in [0.1, 0.15) is 26.6 Å². The van der Waals surface area contributed by atoms with Crippen LogP contribution in [0.25, 0.3) is 22.6 Å². The Labute approximate surface area is 167 Å². The predicted octanol–water partition coefficient (Wildman–Crippen LogP) is 4.00. The van der Waals surface area contributed by atoms with Crippen molar-refractivity contribution in [1.29, 1.82) is 0 Å². The second kappa shape index (κ2) is 7.14. The van der Waals surface area contributed by atoms with Crippen LogP contribution in [0.15, 0.2) is 30.7 Å². The molecule has 0 fully saturated rings. The Bertz CT molecular complexity index is 1120. The SMILES string of the molecule is CC(C)(C)c1nc(-c2cc(Cl)cc(NS(C)(=O)=O)c2F)c(-c2ccncn2)[nH]1. The molecule has 2 aromatic heterocycles. The van der Waals surface area contributed by atoms with E-state index in [1.165, 1.54) is 18.5 Å². The molecule has 3 aromatic rings. The highest BCUT2D eigenvalue weighted by molar-refractivity contribution is 7.92. The van der Waals surface area contributed by atoms with Crippen molar-refractivity contribution in [3.05, 3.63) is 47.4 Å². The molecule has 2 N–H and O–H groups in total. The summed E-state index contributed by atoms with van der Waals surface area (Å²) in [4.78, 5) is 15.9. The number of nitrogens with zero attached hydrogens (tertiary/aromatic N) is 3. The van der Waals surface area contributed by atoms with E-state index in [2.05, 4.69) is 24.7 Å². The van der Waals surface area contributed by atoms with Crippen molar-refractivity contribution in [1.82, 2.24) is 19.9 Å². The van der Waals surface area contributed by atoms with E-state index < -0.39 is 15.8 Å². The predicted molar refractivity (Wildman–Crippen MR) is 107 cm³/mol. The first-order chi connectivity index (χ1) is 13.0. The molecule has 3 rings (SSSR count). The van der Waals surface area contributed by atoms with Crippen molar-refractivity contribution in [3.8, 4) is 22.6 Å². The number of hydrogen-bond donors (Lipinski definition) is 2. The summed E-state index contributed by atoms with van der Waals surface area (Å²) >= 11 is 6.13. The molecule has 0 saturated heterocycles. The fourth-order valence-electron chi connectivity index (χ4n) is 2.58. The summed E-state index contributed by atoms with van der Waals surface area (Å²) in [7, 11) is -3.69. The lowest BCUT2D eigenvalue weighted by atomic mass is 9.96. The molecule has 0 aliphatic heterocycles. The average Bonchev–Trinajstić information content (AvgIpc) is 3.03. The second-order valence-electron chi connectivity index (χ2n) is 7.34. The molecular weight excluding hydrogens is 405 g/mol. The Morgan fingerprint density at radius 2 is 1.96 bits per heavy atom. The standard InChI is InChI=1S/C18H19ClFN5O2S/c1-18(2,3)17-23-15(16(24-17)12-5-6-21-9-22-12)11-7-10(19)8-13(14(11)20)25-28(4,26)27/h5-9,25H,1-4H3,(H,23,24). The van der Waals surface area contributed by atoms with Crippen molar-refractivity contribution in [2.75, 3.05) is 11.0 Å². The van der Waals surface area contributed by atoms with E-state index in [1.54, 1.807) is 12.3 Å². The van der Waals surface area contributed by atoms with Crippen LogP contribution >= 0.6 is 11.6 Å². The Morgan fingerprint density at radius 1 is 1.25 bits per heavy atom. The highest BCUT2D eigenvalue weighted by atomic mass is 35.5. The van der Waals surface area contributed by atoms with Gasteiger partial charge in [0.25, 0.3) is 0 Å². The highest BCUT2D eigenvalue weighted by Crippen LogP contribution is 2.37. The number of H-pyrrole nitrogens is 1. The number of aromatic amines is 1. The highest BCUT2D eigenvalue weighted by Gasteiger charge is 2.26. The van der Waals surface area contributed by atoms with Crippen molar-refractivity contribution in [2.45, 2.75) is 26.2 Å². The summed E-state index contributed by atoms with van der Waals surface area (Å²) in [6.07, 6.45) is 3.88. The van der Waals surface area contributed by atoms with Gasteiger partial charge in [0.1, 0.15) is 17.8 Å². The first kappa shape index (κ1) is 20.2. The fourth-order valence-corrected chi connectivity index (χ4v) is 3.35. The Kier molecular flexibility index (Phi) is 5.16. The van der Waals surface area contributed by atoms with Gasteiger partial charge in [0, 0.05) is 22.2 Å². The number of aromatic nitrogens is 4. The molecule has 1 aromatic carbocycles. The third kappa shape index (κ3) is 4.31. The van der Waals surface area contributed by atoms with Gasteiger partial charge < -0.3 is 4.98 Å². The zero-order valence-corrected chi connectivity index (χ0v) is 17.3. The van der Waals surface area contributed by atoms with Gasteiger partial charge in [0.05, 0.1) is 23.3 Å². The lowest BCUT2D eigenvalue weighted by molar-refractivity contribution is 0.553. The first-order valence-electron chi connectivity index (χ1n) is 8.30. The molecule has 0 aliphatic rings. The van der Waals surface area contributed by atoms with Crippen molar-refractivity contribution in [2.24, 2.45) is 0 Å². The normalized spacial score (nSPS) is 12.2. The Hall–Kier alpha value is -2.52. The Morgan fingerprint density at radius 3 is 2.54 bits per heavy atom. The number of nitrogens with one attached hydrogen (secondary N) is 2. The maximum atomic E-state index is 15.2. The fraction of sp³-hybridized carbons (Fsp3) is 0.278. The van der Waals surface area contributed by atoms with Gasteiger partial charge >= 0.3 is 0 Å². The van der Waals surface area contributed by atoms with E-state index in [1.807, 2.05) is 20.8 Å². The van der Waals surface area contributed by atoms with Crippen LogP contribution in [0.5, 0.6) is 0 Å². The van der Waals surface area contributed by atoms with Gasteiger partial charge in [-0.25, -0.2) is 27.8 Å². The minimum Gasteiger partial charge on any atom is -0.340 e. The van der Waals surface area contributed by atoms with Crippen molar-refractivity contribution in [3.63, 3.8) is 0 Å². The third-order valence-electron chi connectivity index (χ3n) is 3.84. The van der Waals surface area contributed by atoms with E-state index in [0.29, 0.717) is 17.2 Å². The van der Waals surface area contributed by atoms with Crippen LogP contribution in [0.2, 0.25) is 5.02 Å². The molecule has 0 radical (unpaired) electrons. The third-order valence-corrected chi connectivity index (χ3v) is 4.65. The summed E-state index contributed by atoms with van der Waals surface area (Å²) in [5.74, 6) is -0.162. The summed E-state index contributed by atoms with van der Waals surface area (Å²) < 4.78 is 40.5. The maximum absolute atomic E-state index is 15.2. The lowest BCUT2D eigenvalue weighted by Crippen LogP contribution is -2.13. The van der Waals surface area contributed by atoms with Crippen LogP contribution in [0.4, 0.5) is 10.1 Å². The number of halogens is 2. The molecule has 0 bridgehead atoms. The zero-order valence-electron chi connectivity index (χ0n) is 15.7. The second-order valence-corrected chi connectivity index (χ2v) is 9.53. The Balaban J connectivity index is 2.28. The minimum absolute atomic E-state index is 0.0546. The van der Waals surface area contributed by atoms with Crippen LogP contribution in [-0.2, 0) is 15.4 Å². The quantitative estimate of drug-likeness (QED) is 0.660. The first-order valence-corrected chi connectivity index (χ1v) is 10.6. The molecule has 7 nitrogen and oxygen atoms in total. The van der Waals surface area contributed by atoms with Crippen LogP contribution in [-0.4, -0.2) is 34.6 Å². The van der Waals surface area contributed by atoms with Gasteiger partial charge in [0.2, 0.25) is 10.0 Å². The summed E-state index contributed by atoms with van der Waals surface area (Å²) in [5.41, 5.74) is 0.741. The molecule has 28 heavy (non-hydrogen) atoms. The van der Waals surface area contributed by atoms with Crippen molar-refractivity contribution < 1.29 is 12.8 Å². The van der Waals surface area contributed by atoms with Gasteiger partial charge in [-0.15, -0.1) is 0 Å². The molecule has 0 amide bonds. The van der Waals surface area contributed by atoms with Crippen LogP contribution in [0, 0.1) is 5.82 Å². The monoisotopic (exact) mass is 423 g/mol. The number of rotatable bonds is 4. The minimum atomic E-state index is -3.69. The van der Waals surface area contributed by atoms with Crippen molar-refractivity contribution >= 4 is 27.3 Å². The van der Waals surface area contributed by atoms with E-state index in [9.17, 15) is 8.42 Å². The van der Waals surface area contributed by atoms with Gasteiger partial charge in [-0.3, -0.25) is 4.72 Å². The largest absolute Gasteiger partial charge is 0.340 e. The van der Waals surface area contributed by atoms with Gasteiger partial charge in [-0.05, 0) is 18.2 Å². The lowest BCUT2D eigenvalue weighted by Gasteiger charge is -2.14. The van der Waals surface area contributed by atoms with Crippen LogP contribution < -0.4 is 4.72 Å². The molecule has 0 aliphatic carbocycles. The van der Waals surface area contributed by atoms with Gasteiger partial charge in [-0.2, -0.15) is 0 Å². The van der Waals surface area contributed by atoms with Gasteiger partial charge in [-0.1, -0.05) is 32.4 Å². The zero-order chi connectivity index (χ0) is 20.7. The van der Waals surface area contributed by atoms with Gasteiger partial charge in [0.15, 0.2) is 5.82 Å². The number of anilines is 1. The number of benzene rings is 1. The number of sulfonamides is 1. The molecular formula is C18H19ClFN5O2S. The molecule has 2 heterocycles. The van der Waals surface area contributed by atoms with E-state index >= 15 is 4.39 Å². The van der Waals surface area contributed by atoms with E-state index in [-0.39, 0.29) is 27.4 Å². The topological polar surface area (TPSA) is 101 Å². The molecule has 0 unspecified atom stereocenters.